The van der Waals surface area contributed by atoms with Gasteiger partial charge in [-0.2, -0.15) is 18.4 Å². The number of hydrogen-bond donors (Lipinski definition) is 0. The van der Waals surface area contributed by atoms with Gasteiger partial charge in [0, 0.05) is 12.3 Å². The average molecular weight is 417 g/mol. The zero-order valence-corrected chi connectivity index (χ0v) is 14.9. The van der Waals surface area contributed by atoms with E-state index in [1.165, 1.54) is 18.2 Å². The maximum absolute atomic E-state index is 12.7. The van der Waals surface area contributed by atoms with E-state index in [9.17, 15) is 21.6 Å². The van der Waals surface area contributed by atoms with E-state index in [-0.39, 0.29) is 33.5 Å². The summed E-state index contributed by atoms with van der Waals surface area (Å²) in [5, 5.41) is 8.69. The fraction of sp³-hybridized carbons (Fsp3) is 0.133. The molecule has 27 heavy (non-hydrogen) atoms. The highest BCUT2D eigenvalue weighted by Crippen LogP contribution is 2.35. The second-order valence-electron chi connectivity index (χ2n) is 5.34. The van der Waals surface area contributed by atoms with Crippen molar-refractivity contribution in [1.29, 1.82) is 5.26 Å². The smallest absolute Gasteiger partial charge is 0.417 e. The molecular weight excluding hydrogens is 409 g/mol. The van der Waals surface area contributed by atoms with Crippen LogP contribution in [0.15, 0.2) is 30.5 Å². The van der Waals surface area contributed by atoms with E-state index >= 15 is 0 Å². The Morgan fingerprint density at radius 3 is 2.56 bits per heavy atom. The third-order valence-electron chi connectivity index (χ3n) is 3.37. The van der Waals surface area contributed by atoms with Crippen LogP contribution in [0.4, 0.5) is 13.2 Å². The average Bonchev–Trinajstić information content (AvgIpc) is 2.93. The Morgan fingerprint density at radius 2 is 2.00 bits per heavy atom. The highest BCUT2D eigenvalue weighted by atomic mass is 35.5. The molecule has 0 bridgehead atoms. The van der Waals surface area contributed by atoms with E-state index in [2.05, 4.69) is 9.97 Å². The third-order valence-corrected chi connectivity index (χ3v) is 4.67. The number of imidazole rings is 1. The molecule has 0 aliphatic heterocycles. The predicted octanol–water partition coefficient (Wildman–Crippen LogP) is 3.58. The summed E-state index contributed by atoms with van der Waals surface area (Å²) in [7, 11) is -3.84. The first-order valence-corrected chi connectivity index (χ1v) is 9.27. The van der Waals surface area contributed by atoms with Crippen molar-refractivity contribution >= 4 is 32.7 Å². The topological polar surface area (TPSA) is 97.9 Å². The Hall–Kier alpha value is -2.84. The van der Waals surface area contributed by atoms with Gasteiger partial charge in [0.15, 0.2) is 0 Å². The molecule has 3 rings (SSSR count). The van der Waals surface area contributed by atoms with Crippen molar-refractivity contribution in [1.82, 2.24) is 13.9 Å². The first-order valence-electron chi connectivity index (χ1n) is 7.04. The van der Waals surface area contributed by atoms with E-state index in [1.807, 2.05) is 0 Å². The van der Waals surface area contributed by atoms with Crippen LogP contribution < -0.4 is 4.74 Å². The van der Waals surface area contributed by atoms with Gasteiger partial charge < -0.3 is 4.74 Å². The largest absolute Gasteiger partial charge is 0.437 e. The minimum atomic E-state index is -4.61. The van der Waals surface area contributed by atoms with Crippen molar-refractivity contribution in [2.45, 2.75) is 6.18 Å². The number of ether oxygens (including phenoxy) is 1. The molecule has 0 aliphatic rings. The van der Waals surface area contributed by atoms with Crippen LogP contribution in [0.25, 0.3) is 11.0 Å². The minimum Gasteiger partial charge on any atom is -0.437 e. The van der Waals surface area contributed by atoms with Crippen molar-refractivity contribution < 1.29 is 26.3 Å². The molecule has 7 nitrogen and oxygen atoms in total. The fourth-order valence-electron chi connectivity index (χ4n) is 2.27. The lowest BCUT2D eigenvalue weighted by Crippen LogP contribution is -2.12. The molecule has 12 heteroatoms. The lowest BCUT2D eigenvalue weighted by Gasteiger charge is -2.10. The van der Waals surface area contributed by atoms with Crippen LogP contribution in [-0.4, -0.2) is 28.6 Å². The first kappa shape index (κ1) is 18.9. The zero-order chi connectivity index (χ0) is 20.0. The second-order valence-corrected chi connectivity index (χ2v) is 7.57. The Labute approximate surface area is 155 Å². The maximum Gasteiger partial charge on any atom is 0.417 e. The number of aromatic nitrogens is 3. The number of rotatable bonds is 3. The molecule has 0 fully saturated rings. The summed E-state index contributed by atoms with van der Waals surface area (Å²) >= 11 is 5.79. The van der Waals surface area contributed by atoms with Crippen molar-refractivity contribution in [2.24, 2.45) is 0 Å². The van der Waals surface area contributed by atoms with Gasteiger partial charge in [-0.3, -0.25) is 0 Å². The van der Waals surface area contributed by atoms with Crippen LogP contribution in [0.2, 0.25) is 5.02 Å². The quantitative estimate of drug-likeness (QED) is 0.647. The monoisotopic (exact) mass is 416 g/mol. The molecule has 3 aromatic rings. The van der Waals surface area contributed by atoms with E-state index in [4.69, 9.17) is 21.6 Å². The summed E-state index contributed by atoms with van der Waals surface area (Å²) in [5.41, 5.74) is -0.755. The van der Waals surface area contributed by atoms with Crippen LogP contribution in [0.3, 0.4) is 0 Å². The van der Waals surface area contributed by atoms with E-state index < -0.39 is 21.8 Å². The number of hydrogen-bond acceptors (Lipinski definition) is 6. The van der Waals surface area contributed by atoms with Gasteiger partial charge in [0.2, 0.25) is 21.7 Å². The number of pyridine rings is 1. The summed E-state index contributed by atoms with van der Waals surface area (Å²) in [5.74, 6) is -0.587. The number of fused-ring (bicyclic) bond motifs is 1. The number of nitriles is 1. The summed E-state index contributed by atoms with van der Waals surface area (Å²) in [6, 6.07) is 6.39. The van der Waals surface area contributed by atoms with Crippen molar-refractivity contribution in [3.63, 3.8) is 0 Å². The van der Waals surface area contributed by atoms with Gasteiger partial charge in [-0.05, 0) is 18.2 Å². The van der Waals surface area contributed by atoms with Gasteiger partial charge in [-0.1, -0.05) is 11.6 Å². The molecule has 1 aromatic carbocycles. The van der Waals surface area contributed by atoms with E-state index in [0.29, 0.717) is 12.3 Å². The van der Waals surface area contributed by atoms with E-state index in [0.717, 1.165) is 10.2 Å². The van der Waals surface area contributed by atoms with Gasteiger partial charge in [0.25, 0.3) is 0 Å². The van der Waals surface area contributed by atoms with Crippen LogP contribution in [0.1, 0.15) is 11.4 Å². The lowest BCUT2D eigenvalue weighted by atomic mass is 10.3. The van der Waals surface area contributed by atoms with Crippen molar-refractivity contribution in [3.05, 3.63) is 46.9 Å². The van der Waals surface area contributed by atoms with Crippen LogP contribution >= 0.6 is 11.6 Å². The Morgan fingerprint density at radius 1 is 1.30 bits per heavy atom. The Kier molecular flexibility index (Phi) is 4.49. The molecule has 2 aromatic heterocycles. The van der Waals surface area contributed by atoms with Crippen LogP contribution in [-0.2, 0) is 16.2 Å². The number of alkyl halides is 3. The highest BCUT2D eigenvalue weighted by molar-refractivity contribution is 7.89. The van der Waals surface area contributed by atoms with Crippen LogP contribution in [0, 0.1) is 11.3 Å². The second kappa shape index (κ2) is 6.40. The summed E-state index contributed by atoms with van der Waals surface area (Å²) in [6.07, 6.45) is -3.14. The molecule has 140 valence electrons. The standard InChI is InChI=1S/C15H8ClF3N4O3S/c1-27(24,25)23-12-5-9(2-3-11(12)22-13(23)6-20)26-14-10(16)4-8(7-21-14)15(17,18)19/h2-5,7H,1H3. The Bertz CT molecular complexity index is 1200. The van der Waals surface area contributed by atoms with Gasteiger partial charge in [0.05, 0.1) is 22.9 Å². The van der Waals surface area contributed by atoms with Crippen molar-refractivity contribution in [3.8, 4) is 17.7 Å². The lowest BCUT2D eigenvalue weighted by molar-refractivity contribution is -0.137. The summed E-state index contributed by atoms with van der Waals surface area (Å²) in [4.78, 5) is 7.45. The van der Waals surface area contributed by atoms with Crippen LogP contribution in [0.5, 0.6) is 11.6 Å². The molecule has 0 spiro atoms. The summed E-state index contributed by atoms with van der Waals surface area (Å²) in [6.45, 7) is 0. The van der Waals surface area contributed by atoms with Gasteiger partial charge in [-0.15, -0.1) is 0 Å². The SMILES string of the molecule is CS(=O)(=O)n1c(C#N)nc2ccc(Oc3ncc(C(F)(F)F)cc3Cl)cc21. The molecule has 0 saturated heterocycles. The fourth-order valence-corrected chi connectivity index (χ4v) is 3.38. The van der Waals surface area contributed by atoms with Gasteiger partial charge in [0.1, 0.15) is 16.8 Å². The number of benzene rings is 1. The van der Waals surface area contributed by atoms with Gasteiger partial charge in [-0.25, -0.2) is 22.4 Å². The third kappa shape index (κ3) is 3.67. The normalized spacial score (nSPS) is 12.1. The summed E-state index contributed by atoms with van der Waals surface area (Å²) < 4.78 is 67.9. The minimum absolute atomic E-state index is 0.0472. The Balaban J connectivity index is 2.06. The predicted molar refractivity (Wildman–Crippen MR) is 89.0 cm³/mol. The molecule has 0 aliphatic carbocycles. The molecule has 0 atom stereocenters. The van der Waals surface area contributed by atoms with Gasteiger partial charge >= 0.3 is 6.18 Å². The zero-order valence-electron chi connectivity index (χ0n) is 13.3. The van der Waals surface area contributed by atoms with Crippen molar-refractivity contribution in [2.75, 3.05) is 6.26 Å². The molecule has 0 radical (unpaired) electrons. The molecular formula is C15H8ClF3N4O3S. The molecule has 2 heterocycles. The first-order chi connectivity index (χ1) is 12.5. The maximum atomic E-state index is 12.7. The molecule has 0 saturated carbocycles. The van der Waals surface area contributed by atoms with E-state index in [1.54, 1.807) is 6.07 Å². The number of nitrogens with zero attached hydrogens (tertiary/aromatic N) is 4. The highest BCUT2D eigenvalue weighted by Gasteiger charge is 2.32. The molecule has 0 N–H and O–H groups in total. The number of halogens is 4. The molecule has 0 amide bonds. The molecule has 0 unspecified atom stereocenters.